The second kappa shape index (κ2) is 10.9. The number of nitrogens with one attached hydrogen (secondary N) is 2. The number of alkyl halides is 3. The van der Waals surface area contributed by atoms with Crippen molar-refractivity contribution in [1.82, 2.24) is 10.6 Å². The highest BCUT2D eigenvalue weighted by atomic mass is 35.5. The molecule has 0 bridgehead atoms. The molecule has 0 saturated carbocycles. The Bertz CT molecular complexity index is 1560. The van der Waals surface area contributed by atoms with Crippen LogP contribution in [0.3, 0.4) is 0 Å². The van der Waals surface area contributed by atoms with Crippen LogP contribution in [0.1, 0.15) is 22.3 Å². The molecule has 2 N–H and O–H groups in total. The molecule has 0 atom stereocenters. The van der Waals surface area contributed by atoms with Crippen molar-refractivity contribution >= 4 is 52.4 Å². The number of hydrazone groups is 1. The first-order valence-electron chi connectivity index (χ1n) is 11.6. The number of hydrogen-bond acceptors (Lipinski definition) is 5. The molecule has 1 aromatic heterocycles. The Labute approximate surface area is 236 Å². The van der Waals surface area contributed by atoms with Gasteiger partial charge >= 0.3 is 6.36 Å². The van der Waals surface area contributed by atoms with Crippen LogP contribution in [0.2, 0.25) is 10.0 Å². The van der Waals surface area contributed by atoms with Gasteiger partial charge in [-0.3, -0.25) is 5.43 Å². The van der Waals surface area contributed by atoms with Gasteiger partial charge in [-0.1, -0.05) is 40.5 Å². The van der Waals surface area contributed by atoms with Gasteiger partial charge in [-0.25, -0.2) is 0 Å². The van der Waals surface area contributed by atoms with E-state index < -0.39 is 6.36 Å². The molecule has 0 saturated heterocycles. The molecule has 0 unspecified atom stereocenters. The summed E-state index contributed by atoms with van der Waals surface area (Å²) in [5.41, 5.74) is 9.38. The topological polar surface area (TPSA) is 71.7 Å². The summed E-state index contributed by atoms with van der Waals surface area (Å²) in [5, 5.41) is 12.8. The van der Waals surface area contributed by atoms with E-state index in [9.17, 15) is 13.2 Å². The average molecular weight is 591 g/mol. The Kier molecular flexibility index (Phi) is 7.53. The Morgan fingerprint density at radius 2 is 1.87 bits per heavy atom. The lowest BCUT2D eigenvalue weighted by molar-refractivity contribution is -0.274. The molecule has 39 heavy (non-hydrogen) atoms. The fourth-order valence-electron chi connectivity index (χ4n) is 4.35. The molecule has 200 valence electrons. The highest BCUT2D eigenvalue weighted by molar-refractivity contribution is 7.80. The summed E-state index contributed by atoms with van der Waals surface area (Å²) in [7, 11) is 0. The minimum Gasteiger partial charge on any atom is -0.406 e. The molecule has 1 aliphatic rings. The molecule has 0 spiro atoms. The second-order valence-electron chi connectivity index (χ2n) is 8.73. The number of benzene rings is 3. The lowest BCUT2D eigenvalue weighted by Gasteiger charge is -2.16. The molecule has 3 aromatic carbocycles. The van der Waals surface area contributed by atoms with Crippen molar-refractivity contribution in [2.24, 2.45) is 5.10 Å². The predicted octanol–water partition coefficient (Wildman–Crippen LogP) is 7.94. The molecule has 6 nitrogen and oxygen atoms in total. The van der Waals surface area contributed by atoms with Gasteiger partial charge in [-0.15, -0.1) is 13.2 Å². The monoisotopic (exact) mass is 590 g/mol. The van der Waals surface area contributed by atoms with E-state index in [0.29, 0.717) is 39.2 Å². The first-order valence-corrected chi connectivity index (χ1v) is 12.8. The number of nitrogens with zero attached hydrogens (tertiary/aromatic N) is 2. The molecular weight excluding hydrogens is 572 g/mol. The minimum atomic E-state index is -4.75. The highest BCUT2D eigenvalue weighted by Crippen LogP contribution is 2.39. The summed E-state index contributed by atoms with van der Waals surface area (Å²) in [6.07, 6.45) is -1.70. The molecular formula is C27H19Cl2F3N4O2S. The minimum absolute atomic E-state index is 0.273. The van der Waals surface area contributed by atoms with E-state index in [4.69, 9.17) is 39.9 Å². The number of rotatable bonds is 5. The maximum absolute atomic E-state index is 12.5. The van der Waals surface area contributed by atoms with Gasteiger partial charge in [0.05, 0.1) is 16.9 Å². The highest BCUT2D eigenvalue weighted by Gasteiger charge is 2.31. The van der Waals surface area contributed by atoms with Crippen molar-refractivity contribution in [3.63, 3.8) is 0 Å². The first-order chi connectivity index (χ1) is 18.6. The number of hydrogen-bond donors (Lipinski definition) is 2. The van der Waals surface area contributed by atoms with E-state index in [-0.39, 0.29) is 10.9 Å². The van der Waals surface area contributed by atoms with Gasteiger partial charge in [0.15, 0.2) is 10.9 Å². The third-order valence-electron chi connectivity index (χ3n) is 6.04. The number of thiocarbonyl (C=S) groups is 1. The lowest BCUT2D eigenvalue weighted by Crippen LogP contribution is -2.24. The lowest BCUT2D eigenvalue weighted by atomic mass is 9.87. The number of fused-ring (bicyclic) bond motifs is 3. The van der Waals surface area contributed by atoms with E-state index in [1.54, 1.807) is 18.3 Å². The molecule has 4 aromatic rings. The average Bonchev–Trinajstić information content (AvgIpc) is 3.30. The summed E-state index contributed by atoms with van der Waals surface area (Å²) in [4.78, 5) is 0. The van der Waals surface area contributed by atoms with Crippen molar-refractivity contribution in [3.8, 4) is 28.3 Å². The Balaban J connectivity index is 1.27. The Hall–Kier alpha value is -3.60. The number of halogens is 5. The number of aromatic nitrogens is 1. The van der Waals surface area contributed by atoms with Crippen LogP contribution in [0.25, 0.3) is 22.6 Å². The zero-order chi connectivity index (χ0) is 27.7. The van der Waals surface area contributed by atoms with E-state index in [0.717, 1.165) is 34.2 Å². The fourth-order valence-corrected chi connectivity index (χ4v) is 5.14. The maximum Gasteiger partial charge on any atom is 0.573 e. The molecule has 1 heterocycles. The summed E-state index contributed by atoms with van der Waals surface area (Å²) >= 11 is 17.6. The third kappa shape index (κ3) is 6.19. The molecule has 0 radical (unpaired) electrons. The van der Waals surface area contributed by atoms with Gasteiger partial charge < -0.3 is 14.6 Å². The van der Waals surface area contributed by atoms with E-state index >= 15 is 0 Å². The summed E-state index contributed by atoms with van der Waals surface area (Å²) < 4.78 is 46.9. The van der Waals surface area contributed by atoms with Crippen LogP contribution < -0.4 is 15.5 Å². The smallest absolute Gasteiger partial charge is 0.406 e. The van der Waals surface area contributed by atoms with E-state index in [2.05, 4.69) is 25.7 Å². The fraction of sp³-hybridized carbons (Fsp3) is 0.148. The normalized spacial score (nSPS) is 12.7. The molecule has 5 rings (SSSR count). The van der Waals surface area contributed by atoms with Crippen molar-refractivity contribution in [2.75, 3.05) is 5.32 Å². The van der Waals surface area contributed by atoms with Crippen LogP contribution in [-0.2, 0) is 12.8 Å². The first kappa shape index (κ1) is 27.0. The van der Waals surface area contributed by atoms with Crippen molar-refractivity contribution in [1.29, 1.82) is 0 Å². The maximum atomic E-state index is 12.5. The second-order valence-corrected chi connectivity index (χ2v) is 9.98. The summed E-state index contributed by atoms with van der Waals surface area (Å²) in [6.45, 7) is 1.87. The molecule has 1 aliphatic carbocycles. The number of anilines is 1. The van der Waals surface area contributed by atoms with Crippen molar-refractivity contribution in [2.45, 2.75) is 26.1 Å². The Morgan fingerprint density at radius 1 is 1.10 bits per heavy atom. The van der Waals surface area contributed by atoms with Crippen LogP contribution in [-0.4, -0.2) is 22.8 Å². The number of ether oxygens (including phenoxy) is 1. The third-order valence-corrected chi connectivity index (χ3v) is 6.75. The molecule has 0 amide bonds. The van der Waals surface area contributed by atoms with E-state index in [1.165, 1.54) is 24.3 Å². The van der Waals surface area contributed by atoms with Gasteiger partial charge in [0.2, 0.25) is 0 Å². The number of aryl methyl sites for hydroxylation is 2. The van der Waals surface area contributed by atoms with Crippen molar-refractivity contribution < 1.29 is 22.4 Å². The van der Waals surface area contributed by atoms with Gasteiger partial charge in [0.1, 0.15) is 11.4 Å². The van der Waals surface area contributed by atoms with Gasteiger partial charge in [-0.2, -0.15) is 5.10 Å². The van der Waals surface area contributed by atoms with Crippen LogP contribution in [0, 0.1) is 6.92 Å². The van der Waals surface area contributed by atoms with Gasteiger partial charge in [0, 0.05) is 21.7 Å². The zero-order valence-corrected chi connectivity index (χ0v) is 22.5. The molecule has 12 heteroatoms. The SMILES string of the molecule is Cc1cc(Cl)cc(Cl)c1NC(=S)N/N=C/c1ccc2c(c1)CCc1c-2noc1-c1ccc(OC(F)(F)F)cc1. The molecule has 0 aliphatic heterocycles. The van der Waals surface area contributed by atoms with Crippen LogP contribution >= 0.6 is 35.4 Å². The summed E-state index contributed by atoms with van der Waals surface area (Å²) in [5.74, 6) is 0.232. The van der Waals surface area contributed by atoms with Crippen LogP contribution in [0.5, 0.6) is 5.75 Å². The quantitative estimate of drug-likeness (QED) is 0.140. The van der Waals surface area contributed by atoms with Gasteiger partial charge in [-0.05, 0) is 91.1 Å². The van der Waals surface area contributed by atoms with Crippen LogP contribution in [0.4, 0.5) is 18.9 Å². The van der Waals surface area contributed by atoms with E-state index in [1.807, 2.05) is 25.1 Å². The standard InChI is InChI=1S/C27H19Cl2F3N4O2S/c1-14-10-18(28)12-22(29)23(14)34-26(39)35-33-13-15-2-8-20-17(11-15)5-9-21-24(20)36-38-25(21)16-3-6-19(7-4-16)37-27(30,31)32/h2-4,6-8,10-13H,5,9H2,1H3,(H2,34,35,39)/b33-13+. The molecule has 0 fully saturated rings. The van der Waals surface area contributed by atoms with Crippen LogP contribution in [0.15, 0.2) is 64.2 Å². The largest absolute Gasteiger partial charge is 0.573 e. The van der Waals surface area contributed by atoms with Crippen molar-refractivity contribution in [3.05, 3.63) is 86.9 Å². The van der Waals surface area contributed by atoms with Gasteiger partial charge in [0.25, 0.3) is 0 Å². The predicted molar refractivity (Wildman–Crippen MR) is 150 cm³/mol. The Morgan fingerprint density at radius 3 is 2.59 bits per heavy atom. The zero-order valence-electron chi connectivity index (χ0n) is 20.2. The summed E-state index contributed by atoms with van der Waals surface area (Å²) in [6, 6.07) is 14.8.